The number of nitrogens with zero attached hydrogens (tertiary/aromatic N) is 2. The summed E-state index contributed by atoms with van der Waals surface area (Å²) in [6.07, 6.45) is 7.08. The first-order valence-corrected chi connectivity index (χ1v) is 8.10. The number of halogens is 2. The number of hydrogen-bond donors (Lipinski definition) is 1. The Kier molecular flexibility index (Phi) is 6.07. The third-order valence-electron chi connectivity index (χ3n) is 5.35. The van der Waals surface area contributed by atoms with Crippen LogP contribution in [0.15, 0.2) is 36.7 Å². The number of carbonyl (C=O) groups excluding carboxylic acids is 1. The van der Waals surface area contributed by atoms with Crippen LogP contribution >= 0.6 is 24.8 Å². The van der Waals surface area contributed by atoms with E-state index in [9.17, 15) is 4.79 Å². The van der Waals surface area contributed by atoms with Crippen molar-refractivity contribution in [3.05, 3.63) is 42.2 Å². The van der Waals surface area contributed by atoms with Crippen molar-refractivity contribution in [1.29, 1.82) is 0 Å². The molecule has 0 radical (unpaired) electrons. The number of hydrogen-bond acceptors (Lipinski definition) is 3. The summed E-state index contributed by atoms with van der Waals surface area (Å²) in [7, 11) is 0. The Labute approximate surface area is 154 Å². The Bertz CT molecular complexity index is 701. The van der Waals surface area contributed by atoms with Gasteiger partial charge >= 0.3 is 0 Å². The number of piperidine rings is 1. The monoisotopic (exact) mass is 367 g/mol. The van der Waals surface area contributed by atoms with Crippen LogP contribution in [0.5, 0.6) is 0 Å². The Balaban J connectivity index is 0.00000104. The molecule has 0 aliphatic carbocycles. The lowest BCUT2D eigenvalue weighted by molar-refractivity contribution is 0.0609. The van der Waals surface area contributed by atoms with Gasteiger partial charge in [-0.3, -0.25) is 9.78 Å². The highest BCUT2D eigenvalue weighted by Gasteiger charge is 2.38. The second kappa shape index (κ2) is 7.68. The Morgan fingerprint density at radius 1 is 1.12 bits per heavy atom. The van der Waals surface area contributed by atoms with Gasteiger partial charge in [-0.15, -0.1) is 24.8 Å². The molecule has 24 heavy (non-hydrogen) atoms. The fourth-order valence-electron chi connectivity index (χ4n) is 3.89. The fourth-order valence-corrected chi connectivity index (χ4v) is 3.89. The van der Waals surface area contributed by atoms with E-state index in [1.54, 1.807) is 6.20 Å². The molecule has 0 atom stereocenters. The van der Waals surface area contributed by atoms with E-state index >= 15 is 0 Å². The molecule has 1 aromatic heterocycles. The standard InChI is InChI=1S/C18H21N3O.2ClH/c22-17(16-3-1-2-14-12-19-8-4-15(14)16)21-10-6-18(7-11-21)5-9-20-13-18;;/h1-4,8,12,20H,5-7,9-11,13H2;2*1H. The first kappa shape index (κ1) is 19.0. The number of carbonyl (C=O) groups is 1. The summed E-state index contributed by atoms with van der Waals surface area (Å²) in [5.74, 6) is 0.164. The quantitative estimate of drug-likeness (QED) is 0.840. The zero-order valence-electron chi connectivity index (χ0n) is 13.5. The molecule has 0 saturated carbocycles. The van der Waals surface area contributed by atoms with Crippen molar-refractivity contribution < 1.29 is 4.79 Å². The highest BCUT2D eigenvalue weighted by Crippen LogP contribution is 2.37. The van der Waals surface area contributed by atoms with Crippen molar-refractivity contribution in [2.45, 2.75) is 19.3 Å². The smallest absolute Gasteiger partial charge is 0.254 e. The second-order valence-corrected chi connectivity index (χ2v) is 6.62. The SMILES string of the molecule is Cl.Cl.O=C(c1cccc2cnccc12)N1CCC2(CCNC2)CC1. The number of amides is 1. The highest BCUT2D eigenvalue weighted by molar-refractivity contribution is 6.06. The van der Waals surface area contributed by atoms with Gasteiger partial charge in [0.05, 0.1) is 0 Å². The van der Waals surface area contributed by atoms with Crippen molar-refractivity contribution in [2.24, 2.45) is 5.41 Å². The van der Waals surface area contributed by atoms with E-state index in [0.29, 0.717) is 5.41 Å². The van der Waals surface area contributed by atoms with E-state index < -0.39 is 0 Å². The number of benzene rings is 1. The molecule has 4 rings (SSSR count). The zero-order valence-corrected chi connectivity index (χ0v) is 15.2. The molecule has 2 aromatic rings. The van der Waals surface area contributed by atoms with E-state index in [4.69, 9.17) is 0 Å². The van der Waals surface area contributed by atoms with Crippen molar-refractivity contribution in [3.63, 3.8) is 0 Å². The molecule has 6 heteroatoms. The third kappa shape index (κ3) is 3.37. The maximum absolute atomic E-state index is 12.9. The predicted molar refractivity (Wildman–Crippen MR) is 101 cm³/mol. The fraction of sp³-hybridized carbons (Fsp3) is 0.444. The number of pyridine rings is 1. The van der Waals surface area contributed by atoms with Gasteiger partial charge in [0.25, 0.3) is 5.91 Å². The van der Waals surface area contributed by atoms with E-state index in [1.165, 1.54) is 6.42 Å². The first-order valence-electron chi connectivity index (χ1n) is 8.10. The van der Waals surface area contributed by atoms with E-state index in [0.717, 1.165) is 55.4 Å². The van der Waals surface area contributed by atoms with Crippen LogP contribution < -0.4 is 5.32 Å². The first-order chi connectivity index (χ1) is 10.8. The summed E-state index contributed by atoms with van der Waals surface area (Å²) in [6, 6.07) is 7.83. The second-order valence-electron chi connectivity index (χ2n) is 6.62. The summed E-state index contributed by atoms with van der Waals surface area (Å²) < 4.78 is 0. The van der Waals surface area contributed by atoms with Crippen molar-refractivity contribution >= 4 is 41.5 Å². The number of rotatable bonds is 1. The van der Waals surface area contributed by atoms with Gasteiger partial charge in [-0.25, -0.2) is 0 Å². The molecule has 2 aliphatic rings. The largest absolute Gasteiger partial charge is 0.339 e. The summed E-state index contributed by atoms with van der Waals surface area (Å²) in [4.78, 5) is 19.1. The minimum atomic E-state index is 0. The van der Waals surface area contributed by atoms with Crippen LogP contribution in [-0.4, -0.2) is 42.0 Å². The van der Waals surface area contributed by atoms with E-state index in [1.807, 2.05) is 35.4 Å². The van der Waals surface area contributed by atoms with Crippen molar-refractivity contribution in [1.82, 2.24) is 15.2 Å². The van der Waals surface area contributed by atoms with Crippen LogP contribution in [0.25, 0.3) is 10.8 Å². The molecule has 1 amide bonds. The summed E-state index contributed by atoms with van der Waals surface area (Å²) in [5, 5.41) is 5.51. The topological polar surface area (TPSA) is 45.2 Å². The van der Waals surface area contributed by atoms with E-state index in [-0.39, 0.29) is 30.7 Å². The van der Waals surface area contributed by atoms with Crippen LogP contribution in [0.2, 0.25) is 0 Å². The minimum absolute atomic E-state index is 0. The Morgan fingerprint density at radius 2 is 1.92 bits per heavy atom. The van der Waals surface area contributed by atoms with Crippen LogP contribution in [0.4, 0.5) is 0 Å². The summed E-state index contributed by atoms with van der Waals surface area (Å²) in [6.45, 7) is 4.00. The van der Waals surface area contributed by atoms with Crippen molar-refractivity contribution in [2.75, 3.05) is 26.2 Å². The molecule has 2 saturated heterocycles. The molecule has 1 aromatic carbocycles. The van der Waals surface area contributed by atoms with Gasteiger partial charge in [0.2, 0.25) is 0 Å². The molecule has 1 spiro atoms. The Morgan fingerprint density at radius 3 is 2.62 bits per heavy atom. The third-order valence-corrected chi connectivity index (χ3v) is 5.35. The van der Waals surface area contributed by atoms with Gasteiger partial charge in [-0.1, -0.05) is 12.1 Å². The van der Waals surface area contributed by atoms with Crippen LogP contribution in [0.3, 0.4) is 0 Å². The predicted octanol–water partition coefficient (Wildman–Crippen LogP) is 3.29. The molecule has 2 fully saturated rings. The highest BCUT2D eigenvalue weighted by atomic mass is 35.5. The van der Waals surface area contributed by atoms with Crippen LogP contribution in [-0.2, 0) is 0 Å². The molecule has 0 unspecified atom stereocenters. The zero-order chi connectivity index (χ0) is 15.0. The molecule has 2 aliphatic heterocycles. The molecular formula is C18H23Cl2N3O. The molecule has 1 N–H and O–H groups in total. The van der Waals surface area contributed by atoms with Gasteiger partial charge in [0, 0.05) is 43.0 Å². The molecule has 0 bridgehead atoms. The molecule has 3 heterocycles. The lowest BCUT2D eigenvalue weighted by atomic mass is 9.77. The molecular weight excluding hydrogens is 345 g/mol. The van der Waals surface area contributed by atoms with Gasteiger partial charge in [0.1, 0.15) is 0 Å². The lowest BCUT2D eigenvalue weighted by Gasteiger charge is -2.39. The maximum atomic E-state index is 12.9. The number of fused-ring (bicyclic) bond motifs is 1. The number of nitrogens with one attached hydrogen (secondary N) is 1. The number of likely N-dealkylation sites (tertiary alicyclic amines) is 1. The average molecular weight is 368 g/mol. The lowest BCUT2D eigenvalue weighted by Crippen LogP contribution is -2.44. The molecule has 4 nitrogen and oxygen atoms in total. The summed E-state index contributed by atoms with van der Waals surface area (Å²) >= 11 is 0. The van der Waals surface area contributed by atoms with E-state index in [2.05, 4.69) is 10.3 Å². The van der Waals surface area contributed by atoms with Crippen molar-refractivity contribution in [3.8, 4) is 0 Å². The Hall–Kier alpha value is -1.36. The van der Waals surface area contributed by atoms with Crippen LogP contribution in [0, 0.1) is 5.41 Å². The normalized spacial score (nSPS) is 18.9. The van der Waals surface area contributed by atoms with Crippen LogP contribution in [0.1, 0.15) is 29.6 Å². The number of aromatic nitrogens is 1. The van der Waals surface area contributed by atoms with Gasteiger partial charge in [-0.2, -0.15) is 0 Å². The average Bonchev–Trinajstić information content (AvgIpc) is 3.02. The maximum Gasteiger partial charge on any atom is 0.254 e. The molecule has 130 valence electrons. The van der Waals surface area contributed by atoms with Gasteiger partial charge in [0.15, 0.2) is 0 Å². The van der Waals surface area contributed by atoms with Gasteiger partial charge < -0.3 is 10.2 Å². The minimum Gasteiger partial charge on any atom is -0.339 e. The summed E-state index contributed by atoms with van der Waals surface area (Å²) in [5.41, 5.74) is 1.25. The van der Waals surface area contributed by atoms with Gasteiger partial charge in [-0.05, 0) is 48.7 Å².